The summed E-state index contributed by atoms with van der Waals surface area (Å²) in [6.45, 7) is 1.45. The van der Waals surface area contributed by atoms with Crippen LogP contribution in [-0.2, 0) is 40.1 Å². The summed E-state index contributed by atoms with van der Waals surface area (Å²) in [7, 11) is 0. The number of aromatic nitrogens is 4. The second-order valence-corrected chi connectivity index (χ2v) is 13.6. The Labute approximate surface area is 323 Å². The van der Waals surface area contributed by atoms with Crippen LogP contribution in [0.3, 0.4) is 0 Å². The number of hydrogen-bond donors (Lipinski definition) is 3. The third-order valence-corrected chi connectivity index (χ3v) is 9.55. The summed E-state index contributed by atoms with van der Waals surface area (Å²) in [4.78, 5) is 53.2. The van der Waals surface area contributed by atoms with Gasteiger partial charge >= 0.3 is 12.1 Å². The molecule has 2 amide bonds. The van der Waals surface area contributed by atoms with Crippen molar-refractivity contribution < 1.29 is 32.7 Å². The largest absolute Gasteiger partial charge is 0.490 e. The number of amides is 2. The SMILES string of the molecule is Clc1nc(Cl)c2c(n1)CCC2.N[C@@H]1CCN(c2ccccc2)C1=O.O=C(O)C(F)(F)F.O=C1[C@H](Nc2nc(Cl)nc3c2CCC3)CCN1c1ccccc1. The predicted octanol–water partition coefficient (Wildman–Crippen LogP) is 6.49. The van der Waals surface area contributed by atoms with Gasteiger partial charge in [-0.05, 0) is 98.8 Å². The lowest BCUT2D eigenvalue weighted by molar-refractivity contribution is -0.192. The summed E-state index contributed by atoms with van der Waals surface area (Å²) < 4.78 is 31.7. The van der Waals surface area contributed by atoms with Crippen molar-refractivity contribution in [3.8, 4) is 0 Å². The van der Waals surface area contributed by atoms with Crippen molar-refractivity contribution >= 4 is 69.8 Å². The number of nitrogens with one attached hydrogen (secondary N) is 1. The molecule has 12 nitrogen and oxygen atoms in total. The van der Waals surface area contributed by atoms with Gasteiger partial charge in [-0.1, -0.05) is 48.0 Å². The van der Waals surface area contributed by atoms with E-state index in [0.29, 0.717) is 11.7 Å². The maximum atomic E-state index is 12.7. The van der Waals surface area contributed by atoms with Crippen LogP contribution < -0.4 is 20.9 Å². The van der Waals surface area contributed by atoms with Gasteiger partial charge in [0, 0.05) is 35.6 Å². The molecule has 2 fully saturated rings. The lowest BCUT2D eigenvalue weighted by Gasteiger charge is -2.18. The standard InChI is InChI=1S/C17H17ClN4O.C10H12N2O.C7H6Cl2N2.C2HF3O2/c18-17-20-13-8-4-7-12(13)15(21-17)19-14-9-10-22(16(14)23)11-5-2-1-3-6-11;11-9-6-7-12(10(9)13)8-4-2-1-3-5-8;8-6-4-2-1-3-5(4)10-7(9)11-6;3-2(4,5)1(6)7/h1-3,5-6,14H,4,7-10H2,(H,19,20,21);1-5,9H,6-7,11H2;1-3H2;(H,6,7)/t14-;9-;;/m11../s1. The Bertz CT molecular complexity index is 1960. The number of carboxylic acid groups (broad SMARTS) is 1. The van der Waals surface area contributed by atoms with Gasteiger partial charge in [-0.2, -0.15) is 13.2 Å². The highest BCUT2D eigenvalue weighted by Crippen LogP contribution is 2.30. The number of nitrogens with two attached hydrogens (primary N) is 1. The number of aliphatic carboxylic acids is 1. The van der Waals surface area contributed by atoms with Crippen LogP contribution >= 0.6 is 34.8 Å². The summed E-state index contributed by atoms with van der Waals surface area (Å²) in [6, 6.07) is 18.8. The smallest absolute Gasteiger partial charge is 0.475 e. The molecule has 8 rings (SSSR count). The first-order valence-corrected chi connectivity index (χ1v) is 18.2. The molecule has 0 bridgehead atoms. The van der Waals surface area contributed by atoms with E-state index in [1.165, 1.54) is 0 Å². The van der Waals surface area contributed by atoms with E-state index in [-0.39, 0.29) is 34.5 Å². The highest BCUT2D eigenvalue weighted by Gasteiger charge is 2.38. The highest BCUT2D eigenvalue weighted by atomic mass is 35.5. The molecule has 2 aliphatic heterocycles. The fourth-order valence-electron chi connectivity index (χ4n) is 6.29. The summed E-state index contributed by atoms with van der Waals surface area (Å²) in [5.74, 6) is -1.91. The Kier molecular flexibility index (Phi) is 13.7. The van der Waals surface area contributed by atoms with E-state index in [2.05, 4.69) is 25.3 Å². The number of nitrogens with zero attached hydrogens (tertiary/aromatic N) is 6. The Morgan fingerprint density at radius 2 is 1.22 bits per heavy atom. The number of rotatable bonds is 4. The molecule has 4 aliphatic rings. The minimum atomic E-state index is -5.08. The molecule has 2 aromatic heterocycles. The Morgan fingerprint density at radius 1 is 0.741 bits per heavy atom. The molecule has 4 heterocycles. The van der Waals surface area contributed by atoms with Crippen molar-refractivity contribution in [2.24, 2.45) is 5.73 Å². The van der Waals surface area contributed by atoms with Crippen LogP contribution in [0.2, 0.25) is 15.7 Å². The van der Waals surface area contributed by atoms with Crippen LogP contribution in [0.4, 0.5) is 30.4 Å². The molecule has 54 heavy (non-hydrogen) atoms. The monoisotopic (exact) mass is 806 g/mol. The molecule has 4 N–H and O–H groups in total. The van der Waals surface area contributed by atoms with Gasteiger partial charge in [-0.15, -0.1) is 0 Å². The zero-order valence-electron chi connectivity index (χ0n) is 28.7. The van der Waals surface area contributed by atoms with E-state index in [1.54, 1.807) is 4.90 Å². The zero-order chi connectivity index (χ0) is 39.0. The van der Waals surface area contributed by atoms with Gasteiger partial charge in [-0.3, -0.25) is 9.59 Å². The molecule has 2 aliphatic carbocycles. The topological polar surface area (TPSA) is 168 Å². The molecule has 0 radical (unpaired) electrons. The van der Waals surface area contributed by atoms with Gasteiger partial charge in [0.1, 0.15) is 17.0 Å². The number of fused-ring (bicyclic) bond motifs is 2. The normalized spacial score (nSPS) is 18.4. The number of alkyl halides is 3. The van der Waals surface area contributed by atoms with Crippen molar-refractivity contribution in [2.45, 2.75) is 69.6 Å². The van der Waals surface area contributed by atoms with Gasteiger partial charge in [0.25, 0.3) is 0 Å². The first kappa shape index (κ1) is 40.6. The Balaban J connectivity index is 0.000000153. The number of anilines is 3. The van der Waals surface area contributed by atoms with Crippen LogP contribution in [-0.4, -0.2) is 74.2 Å². The number of para-hydroxylation sites is 2. The van der Waals surface area contributed by atoms with Crippen molar-refractivity contribution in [3.63, 3.8) is 0 Å². The number of hydrogen-bond acceptors (Lipinski definition) is 9. The van der Waals surface area contributed by atoms with Gasteiger partial charge in [0.15, 0.2) is 0 Å². The summed E-state index contributed by atoms with van der Waals surface area (Å²) >= 11 is 17.5. The molecule has 2 atom stereocenters. The quantitative estimate of drug-likeness (QED) is 0.153. The van der Waals surface area contributed by atoms with Crippen molar-refractivity contribution in [1.82, 2.24) is 19.9 Å². The van der Waals surface area contributed by atoms with E-state index >= 15 is 0 Å². The Hall–Kier alpha value is -4.57. The lowest BCUT2D eigenvalue weighted by atomic mass is 10.2. The number of benzene rings is 2. The van der Waals surface area contributed by atoms with Gasteiger partial charge in [0.05, 0.1) is 17.4 Å². The summed E-state index contributed by atoms with van der Waals surface area (Å²) in [6.07, 6.45) is 2.46. The molecule has 0 saturated carbocycles. The fraction of sp³-hybridized carbons (Fsp3) is 0.361. The molecule has 2 saturated heterocycles. The van der Waals surface area contributed by atoms with Crippen LogP contribution in [0.15, 0.2) is 60.7 Å². The van der Waals surface area contributed by atoms with Crippen molar-refractivity contribution in [3.05, 3.63) is 98.9 Å². The third kappa shape index (κ3) is 10.3. The average Bonchev–Trinajstić information content (AvgIpc) is 3.95. The first-order chi connectivity index (χ1) is 25.7. The van der Waals surface area contributed by atoms with Crippen LogP contribution in [0.25, 0.3) is 0 Å². The molecule has 4 aromatic rings. The molecule has 0 spiro atoms. The van der Waals surface area contributed by atoms with E-state index < -0.39 is 12.1 Å². The van der Waals surface area contributed by atoms with E-state index in [0.717, 1.165) is 97.6 Å². The summed E-state index contributed by atoms with van der Waals surface area (Å²) in [5, 5.41) is 11.5. The maximum Gasteiger partial charge on any atom is 0.490 e. The predicted molar refractivity (Wildman–Crippen MR) is 199 cm³/mol. The van der Waals surface area contributed by atoms with Crippen LogP contribution in [0.5, 0.6) is 0 Å². The fourth-order valence-corrected chi connectivity index (χ4v) is 6.99. The second-order valence-electron chi connectivity index (χ2n) is 12.5. The summed E-state index contributed by atoms with van der Waals surface area (Å²) in [5.41, 5.74) is 11.7. The number of carboxylic acids is 1. The minimum absolute atomic E-state index is 0.0335. The zero-order valence-corrected chi connectivity index (χ0v) is 31.0. The number of carbonyl (C=O) groups excluding carboxylic acids is 2. The van der Waals surface area contributed by atoms with E-state index in [4.69, 9.17) is 50.4 Å². The van der Waals surface area contributed by atoms with Crippen molar-refractivity contribution in [1.29, 1.82) is 0 Å². The Morgan fingerprint density at radius 3 is 1.74 bits per heavy atom. The second kappa shape index (κ2) is 18.2. The van der Waals surface area contributed by atoms with Gasteiger partial charge < -0.3 is 26.0 Å². The first-order valence-electron chi connectivity index (χ1n) is 17.0. The molecule has 0 unspecified atom stereocenters. The van der Waals surface area contributed by atoms with Crippen LogP contribution in [0.1, 0.15) is 48.2 Å². The van der Waals surface area contributed by atoms with Gasteiger partial charge in [-0.25, -0.2) is 24.7 Å². The molecular weight excluding hydrogens is 772 g/mol. The number of halogens is 6. The molecule has 18 heteroatoms. The number of aryl methyl sites for hydroxylation is 2. The maximum absolute atomic E-state index is 12.7. The lowest BCUT2D eigenvalue weighted by Crippen LogP contribution is -2.34. The number of carbonyl (C=O) groups is 3. The minimum Gasteiger partial charge on any atom is -0.475 e. The van der Waals surface area contributed by atoms with E-state index in [9.17, 15) is 22.8 Å². The molecular formula is C36H36Cl3F3N8O4. The third-order valence-electron chi connectivity index (χ3n) is 8.90. The van der Waals surface area contributed by atoms with E-state index in [1.807, 2.05) is 65.6 Å². The highest BCUT2D eigenvalue weighted by molar-refractivity contribution is 6.32. The van der Waals surface area contributed by atoms with Crippen LogP contribution in [0, 0.1) is 0 Å². The molecule has 286 valence electrons. The van der Waals surface area contributed by atoms with Gasteiger partial charge in [0.2, 0.25) is 22.4 Å². The van der Waals surface area contributed by atoms with Crippen molar-refractivity contribution in [2.75, 3.05) is 28.2 Å². The average molecular weight is 808 g/mol. The molecule has 2 aromatic carbocycles.